The number of hydrogen-bond donors (Lipinski definition) is 1. The number of anilines is 1. The molecule has 4 rings (SSSR count). The molecule has 0 radical (unpaired) electrons. The summed E-state index contributed by atoms with van der Waals surface area (Å²) in [6.45, 7) is 1.37. The number of benzene rings is 1. The van der Waals surface area contributed by atoms with Crippen LogP contribution in [0.15, 0.2) is 36.7 Å². The van der Waals surface area contributed by atoms with Crippen molar-refractivity contribution in [2.75, 3.05) is 38.5 Å². The Bertz CT molecular complexity index is 993. The van der Waals surface area contributed by atoms with E-state index in [0.717, 1.165) is 42.1 Å². The zero-order valence-electron chi connectivity index (χ0n) is 17.3. The molecule has 2 aromatic rings. The average Bonchev–Trinajstić information content (AvgIpc) is 2.79. The Balaban J connectivity index is 1.37. The lowest BCUT2D eigenvalue weighted by atomic mass is 9.96. The highest BCUT2D eigenvalue weighted by Crippen LogP contribution is 2.26. The molecule has 1 aliphatic heterocycles. The molecule has 0 bridgehead atoms. The van der Waals surface area contributed by atoms with Crippen LogP contribution in [0.2, 0.25) is 0 Å². The monoisotopic (exact) mass is 431 g/mol. The zero-order valence-corrected chi connectivity index (χ0v) is 18.1. The summed E-state index contributed by atoms with van der Waals surface area (Å²) < 4.78 is 29.1. The Morgan fingerprint density at radius 3 is 2.57 bits per heavy atom. The maximum atomic E-state index is 13.0. The maximum absolute atomic E-state index is 13.0. The Kier molecular flexibility index (Phi) is 6.21. The number of pyridine rings is 1. The third-order valence-corrected chi connectivity index (χ3v) is 8.27. The maximum Gasteiger partial charge on any atom is 0.321 e. The molecule has 1 N–H and O–H groups in total. The molecule has 1 saturated carbocycles. The normalized spacial score (nSPS) is 19.3. The molecule has 30 heavy (non-hydrogen) atoms. The molecule has 1 aromatic carbocycles. The van der Waals surface area contributed by atoms with Crippen molar-refractivity contribution < 1.29 is 13.2 Å². The Morgan fingerprint density at radius 2 is 1.83 bits per heavy atom. The molecule has 2 fully saturated rings. The summed E-state index contributed by atoms with van der Waals surface area (Å²) in [6.07, 6.45) is 8.68. The van der Waals surface area contributed by atoms with E-state index in [9.17, 15) is 13.2 Å². The molecule has 2 heterocycles. The summed E-state index contributed by atoms with van der Waals surface area (Å²) in [6, 6.07) is 7.44. The van der Waals surface area contributed by atoms with E-state index in [1.807, 2.05) is 24.3 Å². The van der Waals surface area contributed by atoms with Gasteiger partial charge in [-0.2, -0.15) is 17.0 Å². The van der Waals surface area contributed by atoms with Gasteiger partial charge in [-0.05, 0) is 25.0 Å². The molecule has 2 amide bonds. The lowest BCUT2D eigenvalue weighted by Gasteiger charge is -2.38. The van der Waals surface area contributed by atoms with Gasteiger partial charge in [-0.15, -0.1) is 0 Å². The van der Waals surface area contributed by atoms with Crippen molar-refractivity contribution in [2.45, 2.75) is 38.1 Å². The first-order chi connectivity index (χ1) is 14.5. The van der Waals surface area contributed by atoms with Gasteiger partial charge in [0.15, 0.2) is 0 Å². The minimum Gasteiger partial charge on any atom is -0.322 e. The van der Waals surface area contributed by atoms with E-state index in [-0.39, 0.29) is 12.1 Å². The van der Waals surface area contributed by atoms with Crippen LogP contribution in [0, 0.1) is 0 Å². The fourth-order valence-electron chi connectivity index (χ4n) is 4.36. The zero-order chi connectivity index (χ0) is 21.1. The summed E-state index contributed by atoms with van der Waals surface area (Å²) in [5.74, 6) is 0. The SMILES string of the molecule is CN(C1CCCCC1)S(=O)(=O)N1CCN(C(=O)Nc2cccc3cnccc23)CC1. The minimum atomic E-state index is -3.50. The van der Waals surface area contributed by atoms with E-state index in [0.29, 0.717) is 26.2 Å². The van der Waals surface area contributed by atoms with E-state index in [2.05, 4.69) is 10.3 Å². The second-order valence-electron chi connectivity index (χ2n) is 8.03. The van der Waals surface area contributed by atoms with E-state index in [4.69, 9.17) is 0 Å². The third-order valence-electron chi connectivity index (χ3n) is 6.23. The van der Waals surface area contributed by atoms with Gasteiger partial charge in [0.1, 0.15) is 0 Å². The topological polar surface area (TPSA) is 85.9 Å². The first-order valence-corrected chi connectivity index (χ1v) is 12.0. The van der Waals surface area contributed by atoms with Crippen LogP contribution < -0.4 is 5.32 Å². The molecule has 9 heteroatoms. The first kappa shape index (κ1) is 21.0. The van der Waals surface area contributed by atoms with Gasteiger partial charge in [0.25, 0.3) is 10.2 Å². The van der Waals surface area contributed by atoms with Crippen molar-refractivity contribution in [3.8, 4) is 0 Å². The second kappa shape index (κ2) is 8.87. The van der Waals surface area contributed by atoms with Crippen LogP contribution in [-0.4, -0.2) is 72.2 Å². The van der Waals surface area contributed by atoms with Crippen molar-refractivity contribution in [2.24, 2.45) is 0 Å². The van der Waals surface area contributed by atoms with Gasteiger partial charge >= 0.3 is 6.03 Å². The van der Waals surface area contributed by atoms with Crippen LogP contribution in [0.1, 0.15) is 32.1 Å². The van der Waals surface area contributed by atoms with Gasteiger partial charge in [0, 0.05) is 62.4 Å². The van der Waals surface area contributed by atoms with Crippen LogP contribution in [0.3, 0.4) is 0 Å². The highest BCUT2D eigenvalue weighted by Gasteiger charge is 2.35. The van der Waals surface area contributed by atoms with Gasteiger partial charge in [0.05, 0.1) is 5.69 Å². The highest BCUT2D eigenvalue weighted by atomic mass is 32.2. The van der Waals surface area contributed by atoms with Gasteiger partial charge in [-0.25, -0.2) is 4.79 Å². The lowest BCUT2D eigenvalue weighted by molar-refractivity contribution is 0.178. The number of nitrogens with zero attached hydrogens (tertiary/aromatic N) is 4. The van der Waals surface area contributed by atoms with Crippen molar-refractivity contribution in [3.63, 3.8) is 0 Å². The van der Waals surface area contributed by atoms with E-state index < -0.39 is 10.2 Å². The molecule has 1 saturated heterocycles. The fraction of sp³-hybridized carbons (Fsp3) is 0.524. The Hall–Kier alpha value is -2.23. The molecule has 0 spiro atoms. The summed E-state index contributed by atoms with van der Waals surface area (Å²) in [5.41, 5.74) is 0.729. The molecular formula is C21H29N5O3S. The van der Waals surface area contributed by atoms with Crippen molar-refractivity contribution in [1.29, 1.82) is 0 Å². The number of carbonyl (C=O) groups excluding carboxylic acids is 1. The second-order valence-corrected chi connectivity index (χ2v) is 10.0. The van der Waals surface area contributed by atoms with Crippen molar-refractivity contribution >= 4 is 32.7 Å². The number of amides is 2. The molecular weight excluding hydrogens is 402 g/mol. The summed E-state index contributed by atoms with van der Waals surface area (Å²) in [5, 5.41) is 4.85. The van der Waals surface area contributed by atoms with Gasteiger partial charge < -0.3 is 10.2 Å². The third kappa shape index (κ3) is 4.28. The molecule has 2 aliphatic rings. The number of hydrogen-bond acceptors (Lipinski definition) is 4. The van der Waals surface area contributed by atoms with Crippen LogP contribution in [0.4, 0.5) is 10.5 Å². The minimum absolute atomic E-state index is 0.0888. The number of fused-ring (bicyclic) bond motifs is 1. The first-order valence-electron chi connectivity index (χ1n) is 10.6. The van der Waals surface area contributed by atoms with Gasteiger partial charge in [0.2, 0.25) is 0 Å². The van der Waals surface area contributed by atoms with Crippen LogP contribution in [0.5, 0.6) is 0 Å². The predicted molar refractivity (Wildman–Crippen MR) is 117 cm³/mol. The smallest absolute Gasteiger partial charge is 0.321 e. The lowest BCUT2D eigenvalue weighted by Crippen LogP contribution is -2.55. The molecule has 1 aliphatic carbocycles. The van der Waals surface area contributed by atoms with Gasteiger partial charge in [-0.1, -0.05) is 31.4 Å². The highest BCUT2D eigenvalue weighted by molar-refractivity contribution is 7.86. The largest absolute Gasteiger partial charge is 0.322 e. The van der Waals surface area contributed by atoms with Gasteiger partial charge in [-0.3, -0.25) is 4.98 Å². The van der Waals surface area contributed by atoms with Crippen molar-refractivity contribution in [1.82, 2.24) is 18.5 Å². The summed E-state index contributed by atoms with van der Waals surface area (Å²) in [4.78, 5) is 18.6. The fourth-order valence-corrected chi connectivity index (χ4v) is 5.94. The Morgan fingerprint density at radius 1 is 1.10 bits per heavy atom. The summed E-state index contributed by atoms with van der Waals surface area (Å²) >= 11 is 0. The number of piperazine rings is 1. The average molecular weight is 432 g/mol. The number of rotatable bonds is 4. The number of carbonyl (C=O) groups is 1. The number of aromatic nitrogens is 1. The van der Waals surface area contributed by atoms with E-state index >= 15 is 0 Å². The quantitative estimate of drug-likeness (QED) is 0.807. The molecule has 162 valence electrons. The van der Waals surface area contributed by atoms with E-state index in [1.54, 1.807) is 28.6 Å². The predicted octanol–water partition coefficient (Wildman–Crippen LogP) is 2.89. The van der Waals surface area contributed by atoms with Crippen LogP contribution in [-0.2, 0) is 10.2 Å². The molecule has 0 unspecified atom stereocenters. The molecule has 1 aromatic heterocycles. The van der Waals surface area contributed by atoms with E-state index in [1.165, 1.54) is 10.7 Å². The molecule has 0 atom stereocenters. The van der Waals surface area contributed by atoms with Crippen LogP contribution in [0.25, 0.3) is 10.8 Å². The molecule has 8 nitrogen and oxygen atoms in total. The summed E-state index contributed by atoms with van der Waals surface area (Å²) in [7, 11) is -1.80. The van der Waals surface area contributed by atoms with Crippen LogP contribution >= 0.6 is 0 Å². The number of urea groups is 1. The Labute approximate surface area is 178 Å². The van der Waals surface area contributed by atoms with Crippen molar-refractivity contribution in [3.05, 3.63) is 36.7 Å². The standard InChI is InChI=1S/C21H29N5O3S/c1-24(18-7-3-2-4-8-18)30(28,29)26-14-12-25(13-15-26)21(27)23-20-9-5-6-17-16-22-11-10-19(17)20/h5-6,9-11,16,18H,2-4,7-8,12-15H2,1H3,(H,23,27). The number of nitrogens with one attached hydrogen (secondary N) is 1.